The highest BCUT2D eigenvalue weighted by atomic mass is 16.4. The van der Waals surface area contributed by atoms with Gasteiger partial charge in [0, 0.05) is 25.2 Å². The lowest BCUT2D eigenvalue weighted by Crippen LogP contribution is -2.08. The number of rotatable bonds is 10. The summed E-state index contributed by atoms with van der Waals surface area (Å²) in [5.74, 6) is 0.0458. The number of carbonyl (C=O) groups excluding carboxylic acids is 1. The number of aryl methyl sites for hydroxylation is 1. The maximum Gasteiger partial charge on any atom is 0.337 e. The largest absolute Gasteiger partial charge is 0.478 e. The molecular weight excluding hydrogens is 380 g/mol. The normalized spacial score (nSPS) is 10.9. The first-order chi connectivity index (χ1) is 14.5. The van der Waals surface area contributed by atoms with E-state index in [-0.39, 0.29) is 17.2 Å². The van der Waals surface area contributed by atoms with Crippen LogP contribution in [-0.2, 0) is 13.0 Å². The number of carboxylic acids is 1. The predicted octanol–water partition coefficient (Wildman–Crippen LogP) is 4.41. The first-order valence-electron chi connectivity index (χ1n) is 10.3. The number of hydrogen-bond acceptors (Lipinski definition) is 5. The molecule has 7 heteroatoms. The highest BCUT2D eigenvalue weighted by Gasteiger charge is 2.16. The average Bonchev–Trinajstić information content (AvgIpc) is 3.16. The van der Waals surface area contributed by atoms with Crippen molar-refractivity contribution in [2.45, 2.75) is 52.5 Å². The van der Waals surface area contributed by atoms with Gasteiger partial charge in [0.1, 0.15) is 5.82 Å². The summed E-state index contributed by atoms with van der Waals surface area (Å²) in [5, 5.41) is 13.8. The van der Waals surface area contributed by atoms with Crippen molar-refractivity contribution >= 4 is 11.8 Å². The summed E-state index contributed by atoms with van der Waals surface area (Å²) in [6, 6.07) is 9.37. The van der Waals surface area contributed by atoms with Crippen molar-refractivity contribution in [3.8, 4) is 11.1 Å². The molecule has 2 heterocycles. The van der Waals surface area contributed by atoms with Gasteiger partial charge in [0.15, 0.2) is 0 Å². The van der Waals surface area contributed by atoms with E-state index in [2.05, 4.69) is 22.0 Å². The molecule has 156 valence electrons. The summed E-state index contributed by atoms with van der Waals surface area (Å²) in [4.78, 5) is 31.9. The van der Waals surface area contributed by atoms with E-state index < -0.39 is 5.97 Å². The van der Waals surface area contributed by atoms with E-state index in [1.54, 1.807) is 12.3 Å². The number of benzene rings is 1. The number of carboxylic acid groups (broad SMARTS) is 1. The van der Waals surface area contributed by atoms with Crippen LogP contribution in [0.5, 0.6) is 0 Å². The number of Topliss-reactive ketones (excluding diaryl/α,β-unsaturated/α-hetero) is 1. The molecule has 0 unspecified atom stereocenters. The maximum absolute atomic E-state index is 12.1. The molecule has 0 aliphatic rings. The molecule has 0 saturated heterocycles. The molecule has 0 aliphatic carbocycles. The molecule has 1 N–H and O–H groups in total. The standard InChI is InChI=1S/C23H26N4O3/c1-3-5-6-7-21-25-22(20(28)4-2)26-27(21)15-16-8-10-17(11-9-16)18-12-13-24-14-19(18)23(29)30/h8-14H,3-7,15H2,1-2H3,(H,29,30). The molecule has 3 aromatic rings. The van der Waals surface area contributed by atoms with Crippen molar-refractivity contribution < 1.29 is 14.7 Å². The van der Waals surface area contributed by atoms with Crippen LogP contribution in [0.1, 0.15) is 71.9 Å². The Balaban J connectivity index is 1.83. The van der Waals surface area contributed by atoms with E-state index in [9.17, 15) is 14.7 Å². The fraction of sp³-hybridized carbons (Fsp3) is 0.348. The molecule has 0 amide bonds. The summed E-state index contributed by atoms with van der Waals surface area (Å²) >= 11 is 0. The highest BCUT2D eigenvalue weighted by molar-refractivity contribution is 5.95. The van der Waals surface area contributed by atoms with E-state index in [1.807, 2.05) is 35.9 Å². The number of pyridine rings is 1. The van der Waals surface area contributed by atoms with Crippen molar-refractivity contribution in [3.63, 3.8) is 0 Å². The zero-order valence-electron chi connectivity index (χ0n) is 17.3. The van der Waals surface area contributed by atoms with Gasteiger partial charge >= 0.3 is 5.97 Å². The summed E-state index contributed by atoms with van der Waals surface area (Å²) < 4.78 is 1.81. The van der Waals surface area contributed by atoms with Gasteiger partial charge in [0.2, 0.25) is 11.6 Å². The van der Waals surface area contributed by atoms with Gasteiger partial charge < -0.3 is 5.11 Å². The third-order valence-electron chi connectivity index (χ3n) is 4.97. The van der Waals surface area contributed by atoms with Crippen LogP contribution in [0, 0.1) is 0 Å². The fourth-order valence-corrected chi connectivity index (χ4v) is 3.27. The molecule has 0 aliphatic heterocycles. The topological polar surface area (TPSA) is 98.0 Å². The number of ketones is 1. The summed E-state index contributed by atoms with van der Waals surface area (Å²) in [5.41, 5.74) is 2.60. The van der Waals surface area contributed by atoms with Crippen LogP contribution in [-0.4, -0.2) is 36.6 Å². The van der Waals surface area contributed by atoms with Gasteiger partial charge in [-0.3, -0.25) is 9.78 Å². The Labute approximate surface area is 175 Å². The zero-order valence-corrected chi connectivity index (χ0v) is 17.3. The molecule has 30 heavy (non-hydrogen) atoms. The number of carbonyl (C=O) groups is 2. The van der Waals surface area contributed by atoms with Gasteiger partial charge in [-0.15, -0.1) is 5.10 Å². The molecule has 0 radical (unpaired) electrons. The fourth-order valence-electron chi connectivity index (χ4n) is 3.27. The number of unbranched alkanes of at least 4 members (excludes halogenated alkanes) is 2. The van der Waals surface area contributed by atoms with Crippen LogP contribution in [0.2, 0.25) is 0 Å². The Kier molecular flexibility index (Phi) is 7.06. The molecule has 0 fully saturated rings. The summed E-state index contributed by atoms with van der Waals surface area (Å²) in [6.45, 7) is 4.47. The second-order valence-corrected chi connectivity index (χ2v) is 7.17. The van der Waals surface area contributed by atoms with E-state index in [1.165, 1.54) is 6.20 Å². The Morgan fingerprint density at radius 2 is 1.83 bits per heavy atom. The Hall–Kier alpha value is -3.35. The van der Waals surface area contributed by atoms with Gasteiger partial charge in [0.25, 0.3) is 0 Å². The third kappa shape index (κ3) is 4.97. The van der Waals surface area contributed by atoms with Crippen LogP contribution < -0.4 is 0 Å². The molecule has 2 aromatic heterocycles. The Morgan fingerprint density at radius 1 is 1.07 bits per heavy atom. The maximum atomic E-state index is 12.1. The lowest BCUT2D eigenvalue weighted by Gasteiger charge is -2.09. The van der Waals surface area contributed by atoms with E-state index in [4.69, 9.17) is 0 Å². The van der Waals surface area contributed by atoms with Crippen molar-refractivity contribution in [2.24, 2.45) is 0 Å². The van der Waals surface area contributed by atoms with Gasteiger partial charge in [-0.25, -0.2) is 14.5 Å². The second-order valence-electron chi connectivity index (χ2n) is 7.17. The molecule has 3 rings (SSSR count). The van der Waals surface area contributed by atoms with Gasteiger partial charge in [-0.05, 0) is 29.2 Å². The van der Waals surface area contributed by atoms with Crippen LogP contribution in [0.15, 0.2) is 42.7 Å². The number of aromatic nitrogens is 4. The van der Waals surface area contributed by atoms with Gasteiger partial charge in [0.05, 0.1) is 12.1 Å². The molecule has 0 spiro atoms. The van der Waals surface area contributed by atoms with Crippen LogP contribution >= 0.6 is 0 Å². The monoisotopic (exact) mass is 406 g/mol. The summed E-state index contributed by atoms with van der Waals surface area (Å²) in [7, 11) is 0. The van der Waals surface area contributed by atoms with Crippen LogP contribution in [0.25, 0.3) is 11.1 Å². The van der Waals surface area contributed by atoms with Gasteiger partial charge in [-0.2, -0.15) is 0 Å². The van der Waals surface area contributed by atoms with Crippen molar-refractivity contribution in [2.75, 3.05) is 0 Å². The molecular formula is C23H26N4O3. The quantitative estimate of drug-likeness (QED) is 0.395. The SMILES string of the molecule is CCCCCc1nc(C(=O)CC)nn1Cc1ccc(-c2ccncc2C(=O)O)cc1. The average molecular weight is 406 g/mol. The van der Waals surface area contributed by atoms with E-state index >= 15 is 0 Å². The molecule has 1 aromatic carbocycles. The Bertz CT molecular complexity index is 1030. The smallest absolute Gasteiger partial charge is 0.337 e. The molecule has 0 bridgehead atoms. The lowest BCUT2D eigenvalue weighted by atomic mass is 10.0. The molecule has 0 atom stereocenters. The number of hydrogen-bond donors (Lipinski definition) is 1. The predicted molar refractivity (Wildman–Crippen MR) is 114 cm³/mol. The summed E-state index contributed by atoms with van der Waals surface area (Å²) in [6.07, 6.45) is 7.34. The second kappa shape index (κ2) is 9.91. The minimum absolute atomic E-state index is 0.0558. The minimum Gasteiger partial charge on any atom is -0.478 e. The van der Waals surface area contributed by atoms with Crippen molar-refractivity contribution in [3.05, 3.63) is 65.5 Å². The lowest BCUT2D eigenvalue weighted by molar-refractivity contribution is 0.0697. The minimum atomic E-state index is -1.00. The third-order valence-corrected chi connectivity index (χ3v) is 4.97. The Morgan fingerprint density at radius 3 is 2.50 bits per heavy atom. The van der Waals surface area contributed by atoms with Crippen LogP contribution in [0.3, 0.4) is 0 Å². The number of aromatic carboxylic acids is 1. The number of nitrogens with zero attached hydrogens (tertiary/aromatic N) is 4. The first-order valence-corrected chi connectivity index (χ1v) is 10.3. The van der Waals surface area contributed by atoms with Gasteiger partial charge in [-0.1, -0.05) is 51.0 Å². The highest BCUT2D eigenvalue weighted by Crippen LogP contribution is 2.24. The van der Waals surface area contributed by atoms with Crippen molar-refractivity contribution in [1.82, 2.24) is 19.7 Å². The zero-order chi connectivity index (χ0) is 21.5. The van der Waals surface area contributed by atoms with E-state index in [0.29, 0.717) is 18.5 Å². The molecule has 7 nitrogen and oxygen atoms in total. The van der Waals surface area contributed by atoms with Crippen LogP contribution in [0.4, 0.5) is 0 Å². The molecule has 0 saturated carbocycles. The first kappa shape index (κ1) is 21.4. The van der Waals surface area contributed by atoms with E-state index in [0.717, 1.165) is 42.6 Å². The van der Waals surface area contributed by atoms with Crippen molar-refractivity contribution in [1.29, 1.82) is 0 Å².